The van der Waals surface area contributed by atoms with Crippen LogP contribution in [0, 0.1) is 0 Å². The number of rotatable bonds is 2. The number of hydrogen-bond acceptors (Lipinski definition) is 4. The van der Waals surface area contributed by atoms with Gasteiger partial charge >= 0.3 is 0 Å². The Morgan fingerprint density at radius 3 is 2.55 bits per heavy atom. The Bertz CT molecular complexity index is 141. The second-order valence-corrected chi connectivity index (χ2v) is 3.08. The van der Waals surface area contributed by atoms with Crippen molar-refractivity contribution in [3.05, 3.63) is 0 Å². The second kappa shape index (κ2) is 3.19. The molecule has 1 fully saturated rings. The van der Waals surface area contributed by atoms with Crippen LogP contribution in [0.2, 0.25) is 0 Å². The molecule has 0 amide bonds. The molecule has 1 heterocycles. The highest BCUT2D eigenvalue weighted by atomic mass is 16.5. The Kier molecular flexibility index (Phi) is 2.46. The number of carbonyl (C=O) groups excluding carboxylic acids is 1. The lowest BCUT2D eigenvalue weighted by Gasteiger charge is -2.35. The predicted octanol–water partition coefficient (Wildman–Crippen LogP) is -0.460. The monoisotopic (exact) mass is 158 g/mol. The molecule has 0 bridgehead atoms. The molecule has 1 aliphatic heterocycles. The third kappa shape index (κ3) is 2.17. The lowest BCUT2D eigenvalue weighted by Crippen LogP contribution is -2.51. The summed E-state index contributed by atoms with van der Waals surface area (Å²) in [6, 6.07) is 0. The average molecular weight is 158 g/mol. The van der Waals surface area contributed by atoms with E-state index in [1.807, 2.05) is 7.05 Å². The first-order valence-electron chi connectivity index (χ1n) is 3.75. The lowest BCUT2D eigenvalue weighted by atomic mass is 10.0. The van der Waals surface area contributed by atoms with Gasteiger partial charge in [-0.15, -0.1) is 0 Å². The lowest BCUT2D eigenvalue weighted by molar-refractivity contribution is -0.147. The van der Waals surface area contributed by atoms with Gasteiger partial charge < -0.3 is 9.64 Å². The third-order valence-corrected chi connectivity index (χ3v) is 2.12. The molecule has 11 heavy (non-hydrogen) atoms. The molecule has 0 spiro atoms. The molecule has 4 nitrogen and oxygen atoms in total. The Hall–Kier alpha value is -0.610. The SMILES string of the molecule is CN1CCC(N)(OC=O)CC1. The fraction of sp³-hybridized carbons (Fsp3) is 0.857. The number of carbonyl (C=O) groups is 1. The topological polar surface area (TPSA) is 55.6 Å². The molecule has 0 atom stereocenters. The van der Waals surface area contributed by atoms with Gasteiger partial charge in [0, 0.05) is 25.9 Å². The van der Waals surface area contributed by atoms with E-state index in [1.54, 1.807) is 0 Å². The van der Waals surface area contributed by atoms with Crippen molar-refractivity contribution in [3.63, 3.8) is 0 Å². The molecule has 0 radical (unpaired) electrons. The second-order valence-electron chi connectivity index (χ2n) is 3.08. The largest absolute Gasteiger partial charge is 0.446 e. The predicted molar refractivity (Wildman–Crippen MR) is 40.8 cm³/mol. The molecule has 0 aromatic carbocycles. The molecule has 0 saturated carbocycles. The van der Waals surface area contributed by atoms with Crippen LogP contribution in [0.15, 0.2) is 0 Å². The van der Waals surface area contributed by atoms with Gasteiger partial charge in [0.05, 0.1) is 0 Å². The van der Waals surface area contributed by atoms with Gasteiger partial charge in [-0.3, -0.25) is 10.5 Å². The quantitative estimate of drug-likeness (QED) is 0.436. The zero-order valence-corrected chi connectivity index (χ0v) is 6.75. The summed E-state index contributed by atoms with van der Waals surface area (Å²) < 4.78 is 4.79. The summed E-state index contributed by atoms with van der Waals surface area (Å²) in [5.74, 6) is 0. The van der Waals surface area contributed by atoms with Crippen molar-refractivity contribution in [1.82, 2.24) is 4.90 Å². The van der Waals surface area contributed by atoms with E-state index in [9.17, 15) is 4.79 Å². The summed E-state index contributed by atoms with van der Waals surface area (Å²) in [6.45, 7) is 2.22. The van der Waals surface area contributed by atoms with Crippen LogP contribution < -0.4 is 5.73 Å². The van der Waals surface area contributed by atoms with Gasteiger partial charge in [-0.2, -0.15) is 0 Å². The van der Waals surface area contributed by atoms with Crippen LogP contribution in [0.5, 0.6) is 0 Å². The minimum atomic E-state index is -0.700. The van der Waals surface area contributed by atoms with E-state index >= 15 is 0 Å². The van der Waals surface area contributed by atoms with E-state index < -0.39 is 5.72 Å². The number of piperidine rings is 1. The van der Waals surface area contributed by atoms with E-state index in [0.717, 1.165) is 25.9 Å². The Labute approximate surface area is 66.3 Å². The normalized spacial score (nSPS) is 24.5. The van der Waals surface area contributed by atoms with Gasteiger partial charge in [-0.05, 0) is 7.05 Å². The number of nitrogens with zero attached hydrogens (tertiary/aromatic N) is 1. The van der Waals surface area contributed by atoms with Gasteiger partial charge in [0.2, 0.25) is 0 Å². The first kappa shape index (κ1) is 8.49. The molecular formula is C7H14N2O2. The van der Waals surface area contributed by atoms with E-state index in [-0.39, 0.29) is 0 Å². The fourth-order valence-corrected chi connectivity index (χ4v) is 1.21. The smallest absolute Gasteiger partial charge is 0.294 e. The molecule has 0 aliphatic carbocycles. The van der Waals surface area contributed by atoms with Gasteiger partial charge in [0.15, 0.2) is 5.72 Å². The number of nitrogens with two attached hydrogens (primary N) is 1. The summed E-state index contributed by atoms with van der Waals surface area (Å²) >= 11 is 0. The highest BCUT2D eigenvalue weighted by Crippen LogP contribution is 2.18. The summed E-state index contributed by atoms with van der Waals surface area (Å²) in [4.78, 5) is 12.2. The van der Waals surface area contributed by atoms with E-state index in [2.05, 4.69) is 4.90 Å². The van der Waals surface area contributed by atoms with Crippen LogP contribution in [-0.4, -0.2) is 37.2 Å². The van der Waals surface area contributed by atoms with Crippen molar-refractivity contribution in [2.45, 2.75) is 18.6 Å². The number of hydrogen-bond donors (Lipinski definition) is 1. The Morgan fingerprint density at radius 1 is 1.55 bits per heavy atom. The summed E-state index contributed by atoms with van der Waals surface area (Å²) in [7, 11) is 2.03. The van der Waals surface area contributed by atoms with Crippen LogP contribution in [0.25, 0.3) is 0 Å². The molecule has 64 valence electrons. The molecule has 0 aromatic rings. The zero-order valence-electron chi connectivity index (χ0n) is 6.75. The van der Waals surface area contributed by atoms with Crippen LogP contribution in [0.3, 0.4) is 0 Å². The third-order valence-electron chi connectivity index (χ3n) is 2.12. The van der Waals surface area contributed by atoms with Gasteiger partial charge in [-0.25, -0.2) is 0 Å². The molecule has 4 heteroatoms. The van der Waals surface area contributed by atoms with Crippen molar-refractivity contribution in [1.29, 1.82) is 0 Å². The summed E-state index contributed by atoms with van der Waals surface area (Å²) in [5, 5.41) is 0. The summed E-state index contributed by atoms with van der Waals surface area (Å²) in [5.41, 5.74) is 5.05. The molecule has 1 aliphatic rings. The maximum atomic E-state index is 10.0. The molecule has 0 aromatic heterocycles. The minimum absolute atomic E-state index is 0.436. The average Bonchev–Trinajstić information content (AvgIpc) is 1.97. The maximum Gasteiger partial charge on any atom is 0.294 e. The van der Waals surface area contributed by atoms with Crippen molar-refractivity contribution in [2.75, 3.05) is 20.1 Å². The first-order valence-corrected chi connectivity index (χ1v) is 3.75. The highest BCUT2D eigenvalue weighted by molar-refractivity contribution is 5.38. The Balaban J connectivity index is 2.41. The van der Waals surface area contributed by atoms with Crippen molar-refractivity contribution in [3.8, 4) is 0 Å². The van der Waals surface area contributed by atoms with Gasteiger partial charge in [-0.1, -0.05) is 0 Å². The minimum Gasteiger partial charge on any atom is -0.446 e. The molecule has 1 saturated heterocycles. The highest BCUT2D eigenvalue weighted by Gasteiger charge is 2.30. The fourth-order valence-electron chi connectivity index (χ4n) is 1.21. The molecule has 2 N–H and O–H groups in total. The van der Waals surface area contributed by atoms with Crippen LogP contribution in [0.4, 0.5) is 0 Å². The van der Waals surface area contributed by atoms with E-state index in [1.165, 1.54) is 0 Å². The van der Waals surface area contributed by atoms with Crippen molar-refractivity contribution < 1.29 is 9.53 Å². The van der Waals surface area contributed by atoms with E-state index in [0.29, 0.717) is 6.47 Å². The van der Waals surface area contributed by atoms with Crippen molar-refractivity contribution >= 4 is 6.47 Å². The van der Waals surface area contributed by atoms with Gasteiger partial charge in [0.1, 0.15) is 0 Å². The first-order chi connectivity index (χ1) is 5.16. The Morgan fingerprint density at radius 2 is 2.09 bits per heavy atom. The standard InChI is InChI=1S/C7H14N2O2/c1-9-4-2-7(8,3-5-9)11-6-10/h6H,2-5,8H2,1H3. The van der Waals surface area contributed by atoms with Crippen LogP contribution in [-0.2, 0) is 9.53 Å². The summed E-state index contributed by atoms with van der Waals surface area (Å²) in [6.07, 6.45) is 1.45. The molecule has 0 unspecified atom stereocenters. The van der Waals surface area contributed by atoms with Crippen LogP contribution in [0.1, 0.15) is 12.8 Å². The number of likely N-dealkylation sites (tertiary alicyclic amines) is 1. The van der Waals surface area contributed by atoms with Crippen molar-refractivity contribution in [2.24, 2.45) is 5.73 Å². The zero-order chi connectivity index (χ0) is 8.32. The number of ether oxygens (including phenoxy) is 1. The molecular weight excluding hydrogens is 144 g/mol. The maximum absolute atomic E-state index is 10.0. The van der Waals surface area contributed by atoms with Gasteiger partial charge in [0.25, 0.3) is 6.47 Å². The van der Waals surface area contributed by atoms with Crippen LogP contribution >= 0.6 is 0 Å². The molecule has 1 rings (SSSR count). The van der Waals surface area contributed by atoms with E-state index in [4.69, 9.17) is 10.5 Å².